The van der Waals surface area contributed by atoms with Gasteiger partial charge in [-0.05, 0) is 68.6 Å². The average Bonchev–Trinajstić information content (AvgIpc) is 3.42. The van der Waals surface area contributed by atoms with Crippen LogP contribution in [0.15, 0.2) is 46.9 Å². The summed E-state index contributed by atoms with van der Waals surface area (Å²) in [5.74, 6) is 1.89. The summed E-state index contributed by atoms with van der Waals surface area (Å²) < 4.78 is 10.9. The number of aromatic hydroxyl groups is 1. The number of nitrogens with zero attached hydrogens (tertiary/aromatic N) is 1. The monoisotopic (exact) mass is 421 g/mol. The summed E-state index contributed by atoms with van der Waals surface area (Å²) in [6.45, 7) is 4.12. The maximum Gasteiger partial charge on any atom is 0.251 e. The molecule has 1 fully saturated rings. The second-order valence-corrected chi connectivity index (χ2v) is 7.81. The lowest BCUT2D eigenvalue weighted by Crippen LogP contribution is -2.25. The van der Waals surface area contributed by atoms with Gasteiger partial charge in [-0.3, -0.25) is 4.79 Å². The van der Waals surface area contributed by atoms with Gasteiger partial charge in [-0.15, -0.1) is 0 Å². The van der Waals surface area contributed by atoms with Gasteiger partial charge in [0.05, 0.1) is 13.7 Å². The first kappa shape index (κ1) is 20.9. The summed E-state index contributed by atoms with van der Waals surface area (Å²) in [7, 11) is 1.49. The molecule has 7 nitrogen and oxygen atoms in total. The van der Waals surface area contributed by atoms with E-state index >= 15 is 0 Å². The molecule has 1 aliphatic heterocycles. The summed E-state index contributed by atoms with van der Waals surface area (Å²) in [6, 6.07) is 12.7. The SMILES string of the molecule is COc1cc(-c2nc(CNC(=O)c3ccccc3CC3CCNC3)c(C)o2)ccc1O. The lowest BCUT2D eigenvalue weighted by atomic mass is 9.94. The van der Waals surface area contributed by atoms with Crippen LogP contribution in [0.5, 0.6) is 11.5 Å². The number of rotatable bonds is 7. The molecular formula is C24H27N3O4. The van der Waals surface area contributed by atoms with Gasteiger partial charge >= 0.3 is 0 Å². The topological polar surface area (TPSA) is 96.6 Å². The molecule has 0 spiro atoms. The van der Waals surface area contributed by atoms with Gasteiger partial charge in [0.25, 0.3) is 5.91 Å². The maximum atomic E-state index is 12.9. The quantitative estimate of drug-likeness (QED) is 0.541. The van der Waals surface area contributed by atoms with E-state index in [-0.39, 0.29) is 18.2 Å². The number of hydrogen-bond donors (Lipinski definition) is 3. The first-order valence-electron chi connectivity index (χ1n) is 10.5. The molecule has 1 unspecified atom stereocenters. The number of methoxy groups -OCH3 is 1. The van der Waals surface area contributed by atoms with Gasteiger partial charge in [0.15, 0.2) is 11.5 Å². The van der Waals surface area contributed by atoms with Gasteiger partial charge in [0.2, 0.25) is 5.89 Å². The zero-order valence-electron chi connectivity index (χ0n) is 17.8. The Hall–Kier alpha value is -3.32. The molecular weight excluding hydrogens is 394 g/mol. The number of carbonyl (C=O) groups excluding carboxylic acids is 1. The van der Waals surface area contributed by atoms with Crippen molar-refractivity contribution in [2.24, 2.45) is 5.92 Å². The van der Waals surface area contributed by atoms with E-state index in [0.717, 1.165) is 31.5 Å². The second kappa shape index (κ2) is 9.22. The van der Waals surface area contributed by atoms with Crippen LogP contribution >= 0.6 is 0 Å². The van der Waals surface area contributed by atoms with Crippen molar-refractivity contribution in [2.75, 3.05) is 20.2 Å². The van der Waals surface area contributed by atoms with E-state index in [2.05, 4.69) is 15.6 Å². The highest BCUT2D eigenvalue weighted by atomic mass is 16.5. The standard InChI is InChI=1S/C24H27N3O4/c1-15-20(27-24(31-15)18-7-8-21(28)22(12-18)30-2)14-26-23(29)19-6-4-3-5-17(19)11-16-9-10-25-13-16/h3-8,12,16,25,28H,9-11,13-14H2,1-2H3,(H,26,29). The fourth-order valence-electron chi connectivity index (χ4n) is 3.90. The first-order chi connectivity index (χ1) is 15.0. The van der Waals surface area contributed by atoms with E-state index in [1.54, 1.807) is 12.1 Å². The van der Waals surface area contributed by atoms with E-state index in [1.165, 1.54) is 13.2 Å². The molecule has 0 bridgehead atoms. The molecule has 1 atom stereocenters. The first-order valence-corrected chi connectivity index (χ1v) is 10.5. The average molecular weight is 421 g/mol. The Kier molecular flexibility index (Phi) is 6.23. The maximum absolute atomic E-state index is 12.9. The Labute approximate surface area is 181 Å². The Bertz CT molecular complexity index is 1070. The molecule has 1 amide bonds. The summed E-state index contributed by atoms with van der Waals surface area (Å²) in [5, 5.41) is 16.1. The Morgan fingerprint density at radius 2 is 2.16 bits per heavy atom. The van der Waals surface area contributed by atoms with Crippen molar-refractivity contribution >= 4 is 5.91 Å². The van der Waals surface area contributed by atoms with Crippen LogP contribution in [-0.2, 0) is 13.0 Å². The van der Waals surface area contributed by atoms with Crippen molar-refractivity contribution in [3.05, 3.63) is 65.0 Å². The van der Waals surface area contributed by atoms with Gasteiger partial charge in [-0.2, -0.15) is 0 Å². The molecule has 1 aliphatic rings. The molecule has 2 heterocycles. The predicted octanol–water partition coefficient (Wildman–Crippen LogP) is 3.45. The third-order valence-electron chi connectivity index (χ3n) is 5.67. The van der Waals surface area contributed by atoms with Gasteiger partial charge < -0.3 is 24.9 Å². The fourth-order valence-corrected chi connectivity index (χ4v) is 3.90. The lowest BCUT2D eigenvalue weighted by molar-refractivity contribution is 0.0949. The molecule has 1 aromatic heterocycles. The number of hydrogen-bond acceptors (Lipinski definition) is 6. The molecule has 0 radical (unpaired) electrons. The van der Waals surface area contributed by atoms with Crippen LogP contribution < -0.4 is 15.4 Å². The molecule has 3 aromatic rings. The summed E-state index contributed by atoms with van der Waals surface area (Å²) >= 11 is 0. The summed E-state index contributed by atoms with van der Waals surface area (Å²) in [5.41, 5.74) is 3.13. The van der Waals surface area contributed by atoms with E-state index in [1.807, 2.05) is 31.2 Å². The number of aryl methyl sites for hydroxylation is 1. The largest absolute Gasteiger partial charge is 0.504 e. The minimum absolute atomic E-state index is 0.0501. The minimum atomic E-state index is -0.114. The number of ether oxygens (including phenoxy) is 1. The number of oxazole rings is 1. The van der Waals surface area contributed by atoms with Crippen LogP contribution in [0.3, 0.4) is 0 Å². The molecule has 3 N–H and O–H groups in total. The van der Waals surface area contributed by atoms with E-state index in [0.29, 0.717) is 40.1 Å². The minimum Gasteiger partial charge on any atom is -0.504 e. The Morgan fingerprint density at radius 1 is 1.32 bits per heavy atom. The zero-order chi connectivity index (χ0) is 21.8. The molecule has 31 heavy (non-hydrogen) atoms. The Balaban J connectivity index is 1.46. The highest BCUT2D eigenvalue weighted by Gasteiger charge is 2.19. The highest BCUT2D eigenvalue weighted by Crippen LogP contribution is 2.31. The van der Waals surface area contributed by atoms with Crippen molar-refractivity contribution in [2.45, 2.75) is 26.3 Å². The molecule has 4 rings (SSSR count). The van der Waals surface area contributed by atoms with E-state index in [4.69, 9.17) is 9.15 Å². The molecule has 0 saturated carbocycles. The van der Waals surface area contributed by atoms with E-state index in [9.17, 15) is 9.90 Å². The van der Waals surface area contributed by atoms with Crippen molar-refractivity contribution in [3.8, 4) is 23.0 Å². The summed E-state index contributed by atoms with van der Waals surface area (Å²) in [4.78, 5) is 17.4. The smallest absolute Gasteiger partial charge is 0.251 e. The second-order valence-electron chi connectivity index (χ2n) is 7.81. The predicted molar refractivity (Wildman–Crippen MR) is 117 cm³/mol. The van der Waals surface area contributed by atoms with E-state index < -0.39 is 0 Å². The van der Waals surface area contributed by atoms with Crippen molar-refractivity contribution in [1.82, 2.24) is 15.6 Å². The third kappa shape index (κ3) is 4.72. The number of nitrogens with one attached hydrogen (secondary N) is 2. The van der Waals surface area contributed by atoms with Gasteiger partial charge in [-0.25, -0.2) is 4.98 Å². The number of phenols is 1. The number of amides is 1. The normalized spacial score (nSPS) is 15.7. The fraction of sp³-hybridized carbons (Fsp3) is 0.333. The van der Waals surface area contributed by atoms with Gasteiger partial charge in [-0.1, -0.05) is 18.2 Å². The number of carbonyl (C=O) groups is 1. The van der Waals surface area contributed by atoms with Crippen LogP contribution in [0.1, 0.15) is 33.8 Å². The lowest BCUT2D eigenvalue weighted by Gasteiger charge is -2.13. The molecule has 7 heteroatoms. The van der Waals surface area contributed by atoms with Gasteiger partial charge in [0.1, 0.15) is 11.5 Å². The number of benzene rings is 2. The van der Waals surface area contributed by atoms with Crippen LogP contribution in [-0.4, -0.2) is 36.2 Å². The molecule has 162 valence electrons. The van der Waals surface area contributed by atoms with Crippen LogP contribution in [0.4, 0.5) is 0 Å². The number of aromatic nitrogens is 1. The molecule has 1 saturated heterocycles. The van der Waals surface area contributed by atoms with Gasteiger partial charge in [0, 0.05) is 11.1 Å². The van der Waals surface area contributed by atoms with Crippen molar-refractivity contribution in [3.63, 3.8) is 0 Å². The third-order valence-corrected chi connectivity index (χ3v) is 5.67. The van der Waals surface area contributed by atoms with Crippen molar-refractivity contribution < 1.29 is 19.1 Å². The molecule has 0 aliphatic carbocycles. The Morgan fingerprint density at radius 3 is 2.94 bits per heavy atom. The van der Waals surface area contributed by atoms with Crippen molar-refractivity contribution in [1.29, 1.82) is 0 Å². The summed E-state index contributed by atoms with van der Waals surface area (Å²) in [6.07, 6.45) is 2.03. The zero-order valence-corrected chi connectivity index (χ0v) is 17.8. The molecule has 2 aromatic carbocycles. The number of phenolic OH excluding ortho intramolecular Hbond substituents is 1. The van der Waals surface area contributed by atoms with Crippen LogP contribution in [0.2, 0.25) is 0 Å². The highest BCUT2D eigenvalue weighted by molar-refractivity contribution is 5.95. The van der Waals surface area contributed by atoms with Crippen LogP contribution in [0, 0.1) is 12.8 Å². The van der Waals surface area contributed by atoms with Crippen LogP contribution in [0.25, 0.3) is 11.5 Å².